The zero-order valence-corrected chi connectivity index (χ0v) is 14.1. The first-order chi connectivity index (χ1) is 3.25. The maximum Gasteiger partial charge on any atom is 1.00 e. The van der Waals surface area contributed by atoms with Crippen molar-refractivity contribution in [2.45, 2.75) is 38.9 Å². The molecule has 0 atom stereocenters. The normalized spacial score (nSPS) is 11.4. The van der Waals surface area contributed by atoms with Gasteiger partial charge in [0.2, 0.25) is 0 Å². The molecule has 0 saturated heterocycles. The molecule has 0 N–H and O–H groups in total. The summed E-state index contributed by atoms with van der Waals surface area (Å²) < 4.78 is 0. The first-order valence-electron chi connectivity index (χ1n) is 2.66. The second-order valence-electron chi connectivity index (χ2n) is 3.02. The predicted octanol–water partition coefficient (Wildman–Crippen LogP) is -6.73. The van der Waals surface area contributed by atoms with Gasteiger partial charge in [-0.1, -0.05) is 27.7 Å². The minimum atomic E-state index is -1.37. The van der Waals surface area contributed by atoms with Crippen LogP contribution in [-0.4, -0.2) is 11.2 Å². The third kappa shape index (κ3) is 7.82. The molecule has 0 aliphatic heterocycles. The van der Waals surface area contributed by atoms with Gasteiger partial charge < -0.3 is 10.2 Å². The average Bonchev–Trinajstić information content (AvgIpc) is 1.25. The van der Waals surface area contributed by atoms with Crippen LogP contribution in [0.2, 0.25) is 0 Å². The second kappa shape index (κ2) is 6.62. The van der Waals surface area contributed by atoms with Gasteiger partial charge in [0.15, 0.2) is 0 Å². The maximum absolute atomic E-state index is 10.8. The van der Waals surface area contributed by atoms with Gasteiger partial charge >= 0.3 is 103 Å². The summed E-state index contributed by atoms with van der Waals surface area (Å²) in [6.45, 7) is 5.61. The summed E-state index contributed by atoms with van der Waals surface area (Å²) in [7, 11) is 0. The summed E-state index contributed by atoms with van der Waals surface area (Å²) >= 11 is 0. The van der Waals surface area contributed by atoms with Crippen molar-refractivity contribution in [1.29, 1.82) is 0 Å². The van der Waals surface area contributed by atoms with Crippen molar-refractivity contribution in [3.8, 4) is 0 Å². The van der Waals surface area contributed by atoms with Gasteiger partial charge in [-0.3, -0.25) is 0 Å². The van der Waals surface area contributed by atoms with Gasteiger partial charge in [0.1, 0.15) is 0 Å². The molecule has 0 fully saturated rings. The Kier molecular flexibility index (Phi) is 12.5. The minimum absolute atomic E-state index is 0. The fraction of sp³-hybridized carbons (Fsp3) is 1.00. The summed E-state index contributed by atoms with van der Waals surface area (Å²) in [5.74, 6) is 0. The van der Waals surface area contributed by atoms with E-state index < -0.39 is 11.2 Å². The van der Waals surface area contributed by atoms with Crippen LogP contribution in [0.5, 0.6) is 0 Å². The first kappa shape index (κ1) is 18.9. The van der Waals surface area contributed by atoms with Crippen LogP contribution < -0.4 is 113 Å². The van der Waals surface area contributed by atoms with Gasteiger partial charge in [0.25, 0.3) is 0 Å². The molecule has 10 heavy (non-hydrogen) atoms. The Hall–Kier alpha value is 3.19. The molecule has 0 aromatic heterocycles. The van der Waals surface area contributed by atoms with E-state index in [9.17, 15) is 10.2 Å². The van der Waals surface area contributed by atoms with Crippen LogP contribution in [0, 0.1) is 0 Å². The molecule has 0 aliphatic carbocycles. The van der Waals surface area contributed by atoms with E-state index in [0.29, 0.717) is 0 Å². The van der Waals surface area contributed by atoms with Gasteiger partial charge in [-0.15, -0.1) is 11.2 Å². The summed E-state index contributed by atoms with van der Waals surface area (Å²) in [6, 6.07) is 0. The second-order valence-corrected chi connectivity index (χ2v) is 3.02. The molecule has 50 valence electrons. The van der Waals surface area contributed by atoms with E-state index in [4.69, 9.17) is 0 Å². The van der Waals surface area contributed by atoms with E-state index in [1.807, 2.05) is 0 Å². The maximum atomic E-state index is 10.8. The Bertz CT molecular complexity index is 68.7. The van der Waals surface area contributed by atoms with Gasteiger partial charge in [0.05, 0.1) is 0 Å². The van der Waals surface area contributed by atoms with E-state index in [2.05, 4.69) is 0 Å². The summed E-state index contributed by atoms with van der Waals surface area (Å²) in [5.41, 5.74) is -2.74. The van der Waals surface area contributed by atoms with Crippen LogP contribution in [0.4, 0.5) is 0 Å². The summed E-state index contributed by atoms with van der Waals surface area (Å²) in [5, 5.41) is 21.6. The molecule has 0 bridgehead atoms. The molecule has 0 aromatic rings. The molecule has 0 saturated carbocycles. The molecular weight excluding hydrogens is 182 g/mol. The molecule has 0 rings (SSSR count). The van der Waals surface area contributed by atoms with Crippen LogP contribution in [0.15, 0.2) is 0 Å². The first-order valence-corrected chi connectivity index (χ1v) is 2.66. The van der Waals surface area contributed by atoms with Crippen molar-refractivity contribution >= 4 is 0 Å². The topological polar surface area (TPSA) is 46.1 Å². The average molecular weight is 194 g/mol. The standard InChI is InChI=1S/C6H12O2.2K/c1-5(2,7)6(3,4)8;;/h1-4H3;;/q-2;2*+1. The molecule has 0 radical (unpaired) electrons. The van der Waals surface area contributed by atoms with Gasteiger partial charge in [-0.2, -0.15) is 0 Å². The molecule has 0 amide bonds. The van der Waals surface area contributed by atoms with Gasteiger partial charge in [-0.05, 0) is 0 Å². The molecule has 0 aliphatic rings. The SMILES string of the molecule is CC(C)([O-])C(C)(C)[O-].[K+].[K+]. The van der Waals surface area contributed by atoms with E-state index >= 15 is 0 Å². The zero-order chi connectivity index (χ0) is 7.00. The fourth-order valence-corrected chi connectivity index (χ4v) is 0. The van der Waals surface area contributed by atoms with Crippen molar-refractivity contribution in [3.05, 3.63) is 0 Å². The number of hydrogen-bond acceptors (Lipinski definition) is 2. The molecule has 0 heterocycles. The van der Waals surface area contributed by atoms with Crippen molar-refractivity contribution in [2.24, 2.45) is 0 Å². The fourth-order valence-electron chi connectivity index (χ4n) is 0. The largest absolute Gasteiger partial charge is 1.00 e. The van der Waals surface area contributed by atoms with Crippen LogP contribution in [-0.2, 0) is 0 Å². The Balaban J connectivity index is -0.000000245. The number of hydrogen-bond donors (Lipinski definition) is 0. The van der Waals surface area contributed by atoms with Crippen molar-refractivity contribution in [1.82, 2.24) is 0 Å². The van der Waals surface area contributed by atoms with E-state index in [-0.39, 0.29) is 103 Å². The molecule has 4 heteroatoms. The Morgan fingerprint density at radius 1 is 0.700 bits per heavy atom. The molecular formula is C6H12K2O2. The molecule has 0 spiro atoms. The Morgan fingerprint density at radius 2 is 0.800 bits per heavy atom. The zero-order valence-electron chi connectivity index (χ0n) is 7.82. The van der Waals surface area contributed by atoms with Crippen molar-refractivity contribution in [3.63, 3.8) is 0 Å². The Labute approximate surface area is 148 Å². The Morgan fingerprint density at radius 3 is 0.800 bits per heavy atom. The molecule has 0 unspecified atom stereocenters. The summed E-state index contributed by atoms with van der Waals surface area (Å²) in [6.07, 6.45) is 0. The van der Waals surface area contributed by atoms with Crippen LogP contribution in [0.25, 0.3) is 0 Å². The quantitative estimate of drug-likeness (QED) is 0.390. The molecule has 2 nitrogen and oxygen atoms in total. The van der Waals surface area contributed by atoms with Crippen LogP contribution in [0.3, 0.4) is 0 Å². The van der Waals surface area contributed by atoms with Gasteiger partial charge in [0, 0.05) is 0 Å². The van der Waals surface area contributed by atoms with Crippen molar-refractivity contribution in [2.75, 3.05) is 0 Å². The van der Waals surface area contributed by atoms with E-state index in [1.54, 1.807) is 0 Å². The van der Waals surface area contributed by atoms with Gasteiger partial charge in [-0.25, -0.2) is 0 Å². The number of rotatable bonds is 1. The monoisotopic (exact) mass is 194 g/mol. The van der Waals surface area contributed by atoms with Crippen LogP contribution in [0.1, 0.15) is 27.7 Å². The smallest absolute Gasteiger partial charge is 0.850 e. The third-order valence-electron chi connectivity index (χ3n) is 1.45. The van der Waals surface area contributed by atoms with Crippen LogP contribution >= 0.6 is 0 Å². The summed E-state index contributed by atoms with van der Waals surface area (Å²) in [4.78, 5) is 0. The van der Waals surface area contributed by atoms with E-state index in [0.717, 1.165) is 0 Å². The van der Waals surface area contributed by atoms with E-state index in [1.165, 1.54) is 27.7 Å². The molecule has 0 aromatic carbocycles. The minimum Gasteiger partial charge on any atom is -0.850 e. The predicted molar refractivity (Wildman–Crippen MR) is 28.2 cm³/mol. The van der Waals surface area contributed by atoms with Crippen molar-refractivity contribution < 1.29 is 113 Å². The third-order valence-corrected chi connectivity index (χ3v) is 1.45.